The Labute approximate surface area is 100 Å². The molecular formula is C10H10F3N3O2. The zero-order chi connectivity index (χ0) is 13.3. The Hall–Kier alpha value is -1.83. The number of nitrogens with zero attached hydrogens (tertiary/aromatic N) is 1. The summed E-state index contributed by atoms with van der Waals surface area (Å²) >= 11 is 0. The quantitative estimate of drug-likeness (QED) is 0.645. The van der Waals surface area contributed by atoms with Crippen molar-refractivity contribution in [3.63, 3.8) is 0 Å². The number of alkyl halides is 3. The topological polar surface area (TPSA) is 67.2 Å². The minimum absolute atomic E-state index is 0.0143. The third-order valence-electron chi connectivity index (χ3n) is 2.66. The van der Waals surface area contributed by atoms with Crippen molar-refractivity contribution in [1.29, 1.82) is 0 Å². The fourth-order valence-corrected chi connectivity index (χ4v) is 1.59. The van der Waals surface area contributed by atoms with Gasteiger partial charge in [0.2, 0.25) is 0 Å². The molecule has 0 unspecified atom stereocenters. The minimum atomic E-state index is -4.58. The minimum Gasteiger partial charge on any atom is -0.374 e. The summed E-state index contributed by atoms with van der Waals surface area (Å²) in [5.74, 6) is 0. The van der Waals surface area contributed by atoms with Crippen molar-refractivity contribution in [3.05, 3.63) is 33.9 Å². The number of nitro benzene ring substituents is 1. The molecule has 2 rings (SSSR count). The van der Waals surface area contributed by atoms with Gasteiger partial charge in [-0.05, 0) is 12.1 Å². The van der Waals surface area contributed by atoms with Gasteiger partial charge >= 0.3 is 6.18 Å². The van der Waals surface area contributed by atoms with E-state index in [0.29, 0.717) is 19.2 Å². The monoisotopic (exact) mass is 261 g/mol. The molecule has 0 bridgehead atoms. The van der Waals surface area contributed by atoms with Gasteiger partial charge < -0.3 is 10.6 Å². The van der Waals surface area contributed by atoms with Gasteiger partial charge in [0, 0.05) is 19.2 Å². The van der Waals surface area contributed by atoms with Gasteiger partial charge in [-0.15, -0.1) is 0 Å². The number of hydrogen-bond donors (Lipinski definition) is 2. The molecule has 2 N–H and O–H groups in total. The summed E-state index contributed by atoms with van der Waals surface area (Å²) in [6, 6.07) is 2.50. The summed E-state index contributed by atoms with van der Waals surface area (Å²) in [5, 5.41) is 16.6. The Morgan fingerprint density at radius 1 is 1.39 bits per heavy atom. The van der Waals surface area contributed by atoms with Crippen molar-refractivity contribution >= 4 is 11.4 Å². The first-order valence-electron chi connectivity index (χ1n) is 5.21. The maximum atomic E-state index is 12.4. The molecule has 8 heteroatoms. The number of nitrogens with one attached hydrogen (secondary N) is 2. The molecule has 1 saturated heterocycles. The Bertz CT molecular complexity index is 472. The van der Waals surface area contributed by atoms with Crippen LogP contribution in [0.1, 0.15) is 5.56 Å². The molecule has 5 nitrogen and oxygen atoms in total. The summed E-state index contributed by atoms with van der Waals surface area (Å²) in [7, 11) is 0. The highest BCUT2D eigenvalue weighted by molar-refractivity contribution is 5.63. The van der Waals surface area contributed by atoms with Crippen LogP contribution in [-0.2, 0) is 6.18 Å². The summed E-state index contributed by atoms with van der Waals surface area (Å²) in [6.07, 6.45) is -4.58. The van der Waals surface area contributed by atoms with E-state index in [4.69, 9.17) is 0 Å². The highest BCUT2D eigenvalue weighted by atomic mass is 19.4. The maximum Gasteiger partial charge on any atom is 0.416 e. The third-order valence-corrected chi connectivity index (χ3v) is 2.66. The van der Waals surface area contributed by atoms with E-state index in [1.165, 1.54) is 0 Å². The van der Waals surface area contributed by atoms with Crippen molar-refractivity contribution in [2.75, 3.05) is 18.4 Å². The molecule has 0 radical (unpaired) electrons. The second kappa shape index (κ2) is 4.45. The van der Waals surface area contributed by atoms with Gasteiger partial charge in [0.05, 0.1) is 16.5 Å². The Morgan fingerprint density at radius 3 is 2.50 bits per heavy atom. The highest BCUT2D eigenvalue weighted by Crippen LogP contribution is 2.35. The Kier molecular flexibility index (Phi) is 3.12. The largest absolute Gasteiger partial charge is 0.416 e. The lowest BCUT2D eigenvalue weighted by Gasteiger charge is -2.28. The van der Waals surface area contributed by atoms with Crippen molar-refractivity contribution in [1.82, 2.24) is 5.32 Å². The molecule has 1 fully saturated rings. The van der Waals surface area contributed by atoms with Crippen LogP contribution in [0.15, 0.2) is 18.2 Å². The van der Waals surface area contributed by atoms with Crippen molar-refractivity contribution in [2.24, 2.45) is 0 Å². The molecule has 1 heterocycles. The van der Waals surface area contributed by atoms with E-state index in [-0.39, 0.29) is 11.7 Å². The summed E-state index contributed by atoms with van der Waals surface area (Å²) in [6.45, 7) is 1.27. The number of benzene rings is 1. The van der Waals surface area contributed by atoms with Crippen LogP contribution in [0.25, 0.3) is 0 Å². The van der Waals surface area contributed by atoms with Gasteiger partial charge in [0.25, 0.3) is 5.69 Å². The predicted molar refractivity (Wildman–Crippen MR) is 58.4 cm³/mol. The van der Waals surface area contributed by atoms with Crippen LogP contribution in [-0.4, -0.2) is 24.1 Å². The number of rotatable bonds is 3. The van der Waals surface area contributed by atoms with Gasteiger partial charge in [-0.2, -0.15) is 13.2 Å². The van der Waals surface area contributed by atoms with Gasteiger partial charge in [-0.3, -0.25) is 10.1 Å². The number of halogens is 3. The van der Waals surface area contributed by atoms with Crippen LogP contribution in [0.2, 0.25) is 0 Å². The van der Waals surface area contributed by atoms with E-state index in [1.807, 2.05) is 0 Å². The molecular weight excluding hydrogens is 251 g/mol. The molecule has 1 aromatic carbocycles. The lowest BCUT2D eigenvalue weighted by molar-refractivity contribution is -0.384. The normalized spacial score (nSPS) is 16.2. The molecule has 1 aliphatic rings. The number of hydrogen-bond acceptors (Lipinski definition) is 4. The number of nitro groups is 1. The van der Waals surface area contributed by atoms with E-state index in [2.05, 4.69) is 10.6 Å². The molecule has 1 aromatic rings. The average Bonchev–Trinajstić information content (AvgIpc) is 2.21. The SMILES string of the molecule is O=[N+]([O-])c1cc(C(F)(F)F)ccc1NC1CNC1. The molecule has 0 atom stereocenters. The zero-order valence-corrected chi connectivity index (χ0v) is 9.12. The summed E-state index contributed by atoms with van der Waals surface area (Å²) in [4.78, 5) is 9.96. The number of anilines is 1. The first kappa shape index (κ1) is 12.6. The predicted octanol–water partition coefficient (Wildman–Crippen LogP) is 2.00. The maximum absolute atomic E-state index is 12.4. The van der Waals surface area contributed by atoms with Crippen LogP contribution < -0.4 is 10.6 Å². The van der Waals surface area contributed by atoms with Crippen LogP contribution in [0.5, 0.6) is 0 Å². The van der Waals surface area contributed by atoms with E-state index in [1.54, 1.807) is 0 Å². The standard InChI is InChI=1S/C10H10F3N3O2/c11-10(12,13)6-1-2-8(9(3-6)16(17)18)15-7-4-14-5-7/h1-3,7,14-15H,4-5H2. The smallest absolute Gasteiger partial charge is 0.374 e. The molecule has 0 saturated carbocycles. The van der Waals surface area contributed by atoms with Crippen LogP contribution in [0.3, 0.4) is 0 Å². The zero-order valence-electron chi connectivity index (χ0n) is 9.12. The third kappa shape index (κ3) is 2.53. The average molecular weight is 261 g/mol. The second-order valence-corrected chi connectivity index (χ2v) is 3.99. The van der Waals surface area contributed by atoms with Gasteiger partial charge in [-0.25, -0.2) is 0 Å². The Morgan fingerprint density at radius 2 is 2.06 bits per heavy atom. The molecule has 18 heavy (non-hydrogen) atoms. The van der Waals surface area contributed by atoms with Crippen molar-refractivity contribution in [2.45, 2.75) is 12.2 Å². The molecule has 98 valence electrons. The summed E-state index contributed by atoms with van der Waals surface area (Å²) < 4.78 is 37.3. The first-order chi connectivity index (χ1) is 8.38. The molecule has 0 aromatic heterocycles. The molecule has 0 aliphatic carbocycles. The van der Waals surface area contributed by atoms with Crippen LogP contribution in [0.4, 0.5) is 24.5 Å². The van der Waals surface area contributed by atoms with Crippen LogP contribution >= 0.6 is 0 Å². The van der Waals surface area contributed by atoms with Crippen LogP contribution in [0, 0.1) is 10.1 Å². The van der Waals surface area contributed by atoms with Gasteiger partial charge in [0.1, 0.15) is 5.69 Å². The van der Waals surface area contributed by atoms with E-state index in [9.17, 15) is 23.3 Å². The fourth-order valence-electron chi connectivity index (χ4n) is 1.59. The lowest BCUT2D eigenvalue weighted by atomic mass is 10.1. The highest BCUT2D eigenvalue weighted by Gasteiger charge is 2.33. The molecule has 0 spiro atoms. The second-order valence-electron chi connectivity index (χ2n) is 3.99. The molecule has 0 amide bonds. The van der Waals surface area contributed by atoms with Crippen molar-refractivity contribution < 1.29 is 18.1 Å². The summed E-state index contributed by atoms with van der Waals surface area (Å²) in [5.41, 5.74) is -1.47. The first-order valence-corrected chi connectivity index (χ1v) is 5.21. The van der Waals surface area contributed by atoms with E-state index < -0.39 is 22.4 Å². The lowest BCUT2D eigenvalue weighted by Crippen LogP contribution is -2.51. The van der Waals surface area contributed by atoms with Gasteiger partial charge in [-0.1, -0.05) is 0 Å². The fraction of sp³-hybridized carbons (Fsp3) is 0.400. The van der Waals surface area contributed by atoms with Crippen molar-refractivity contribution in [3.8, 4) is 0 Å². The molecule has 1 aliphatic heterocycles. The Balaban J connectivity index is 2.31. The van der Waals surface area contributed by atoms with Gasteiger partial charge in [0.15, 0.2) is 0 Å². The van der Waals surface area contributed by atoms with E-state index in [0.717, 1.165) is 12.1 Å². The van der Waals surface area contributed by atoms with E-state index >= 15 is 0 Å².